The second-order valence-corrected chi connectivity index (χ2v) is 7.07. The molecule has 0 saturated carbocycles. The summed E-state index contributed by atoms with van der Waals surface area (Å²) in [5.74, 6) is -1.04. The molecule has 0 spiro atoms. The van der Waals surface area contributed by atoms with E-state index >= 15 is 0 Å². The van der Waals surface area contributed by atoms with Gasteiger partial charge in [0, 0.05) is 10.2 Å². The van der Waals surface area contributed by atoms with E-state index in [-0.39, 0.29) is 6.54 Å². The smallest absolute Gasteiger partial charge is 0.329 e. The molecule has 3 N–H and O–H groups in total. The number of rotatable bonds is 5. The van der Waals surface area contributed by atoms with Crippen molar-refractivity contribution in [1.29, 1.82) is 0 Å². The Balaban J connectivity index is 1.65. The Kier molecular flexibility index (Phi) is 5.74. The highest BCUT2D eigenvalue weighted by molar-refractivity contribution is 9.10. The summed E-state index contributed by atoms with van der Waals surface area (Å²) in [7, 11) is 0. The fourth-order valence-corrected chi connectivity index (χ4v) is 3.16. The third kappa shape index (κ3) is 4.37. The number of para-hydroxylation sites is 1. The highest BCUT2D eigenvalue weighted by Crippen LogP contribution is 2.19. The molecule has 0 aliphatic heterocycles. The van der Waals surface area contributed by atoms with Gasteiger partial charge in [-0.1, -0.05) is 28.1 Å². The number of aromatic nitrogens is 2. The molecule has 0 atom stereocenters. The Morgan fingerprint density at radius 3 is 2.61 bits per heavy atom. The summed E-state index contributed by atoms with van der Waals surface area (Å²) in [6.07, 6.45) is 0. The maximum Gasteiger partial charge on any atom is 0.329 e. The van der Waals surface area contributed by atoms with Crippen LogP contribution in [0.2, 0.25) is 0 Å². The van der Waals surface area contributed by atoms with Crippen LogP contribution in [0, 0.1) is 6.92 Å². The first-order chi connectivity index (χ1) is 13.3. The molecule has 0 saturated heterocycles. The van der Waals surface area contributed by atoms with E-state index < -0.39 is 29.6 Å². The van der Waals surface area contributed by atoms with Gasteiger partial charge in [-0.25, -0.2) is 4.79 Å². The lowest BCUT2D eigenvalue weighted by Gasteiger charge is -2.10. The zero-order valence-electron chi connectivity index (χ0n) is 14.9. The number of fused-ring (bicyclic) bond motifs is 1. The first-order valence-electron chi connectivity index (χ1n) is 8.39. The number of hydrogen-bond acceptors (Lipinski definition) is 4. The normalized spacial score (nSPS) is 10.6. The van der Waals surface area contributed by atoms with Crippen LogP contribution in [0.15, 0.2) is 56.5 Å². The minimum atomic E-state index is -0.686. The lowest BCUT2D eigenvalue weighted by molar-refractivity contribution is -0.124. The van der Waals surface area contributed by atoms with E-state index in [1.807, 2.05) is 13.0 Å². The molecule has 0 radical (unpaired) electrons. The maximum absolute atomic E-state index is 12.4. The number of H-pyrrole nitrogens is 1. The van der Waals surface area contributed by atoms with Gasteiger partial charge in [0.25, 0.3) is 5.56 Å². The van der Waals surface area contributed by atoms with Gasteiger partial charge in [0.15, 0.2) is 0 Å². The molecule has 0 aliphatic carbocycles. The average Bonchev–Trinajstić information content (AvgIpc) is 2.66. The number of benzene rings is 2. The number of nitrogens with zero attached hydrogens (tertiary/aromatic N) is 1. The largest absolute Gasteiger partial charge is 0.345 e. The van der Waals surface area contributed by atoms with Gasteiger partial charge in [-0.2, -0.15) is 0 Å². The van der Waals surface area contributed by atoms with Crippen LogP contribution in [0.5, 0.6) is 0 Å². The Bertz CT molecular complexity index is 1180. The second kappa shape index (κ2) is 8.22. The molecular weight excluding hydrogens is 428 g/mol. The van der Waals surface area contributed by atoms with Crippen molar-refractivity contribution >= 4 is 44.3 Å². The van der Waals surface area contributed by atoms with Crippen LogP contribution in [0.1, 0.15) is 5.56 Å². The molecule has 8 nitrogen and oxygen atoms in total. The minimum Gasteiger partial charge on any atom is -0.345 e. The molecule has 144 valence electrons. The number of carbonyl (C=O) groups excluding carboxylic acids is 2. The minimum absolute atomic E-state index is 0.283. The van der Waals surface area contributed by atoms with E-state index in [0.29, 0.717) is 16.6 Å². The summed E-state index contributed by atoms with van der Waals surface area (Å²) in [5.41, 5.74) is 0.643. The molecule has 0 aliphatic rings. The highest BCUT2D eigenvalue weighted by Gasteiger charge is 2.12. The van der Waals surface area contributed by atoms with Crippen molar-refractivity contribution in [3.8, 4) is 0 Å². The molecule has 0 bridgehead atoms. The number of halogens is 1. The first kappa shape index (κ1) is 19.6. The first-order valence-corrected chi connectivity index (χ1v) is 9.19. The van der Waals surface area contributed by atoms with Crippen LogP contribution >= 0.6 is 15.9 Å². The lowest BCUT2D eigenvalue weighted by Crippen LogP contribution is -2.42. The third-order valence-corrected chi connectivity index (χ3v) is 4.59. The van der Waals surface area contributed by atoms with E-state index in [4.69, 9.17) is 0 Å². The number of nitrogens with one attached hydrogen (secondary N) is 3. The van der Waals surface area contributed by atoms with Crippen LogP contribution in [-0.2, 0) is 16.1 Å². The lowest BCUT2D eigenvalue weighted by atomic mass is 10.2. The van der Waals surface area contributed by atoms with E-state index in [9.17, 15) is 19.2 Å². The molecule has 2 aromatic carbocycles. The quantitative estimate of drug-likeness (QED) is 0.553. The highest BCUT2D eigenvalue weighted by atomic mass is 79.9. The van der Waals surface area contributed by atoms with Crippen molar-refractivity contribution in [1.82, 2.24) is 14.9 Å². The zero-order chi connectivity index (χ0) is 20.3. The molecular formula is C19H17BrN4O4. The van der Waals surface area contributed by atoms with Crippen LogP contribution in [0.3, 0.4) is 0 Å². The summed E-state index contributed by atoms with van der Waals surface area (Å²) in [6.45, 7) is 1.08. The monoisotopic (exact) mass is 444 g/mol. The van der Waals surface area contributed by atoms with E-state index in [1.54, 1.807) is 36.4 Å². The molecule has 0 fully saturated rings. The summed E-state index contributed by atoms with van der Waals surface area (Å²) in [5, 5.41) is 5.41. The summed E-state index contributed by atoms with van der Waals surface area (Å²) in [4.78, 5) is 51.2. The van der Waals surface area contributed by atoms with Crippen molar-refractivity contribution in [2.45, 2.75) is 13.5 Å². The predicted octanol–water partition coefficient (Wildman–Crippen LogP) is 1.52. The van der Waals surface area contributed by atoms with Crippen molar-refractivity contribution in [2.75, 3.05) is 11.9 Å². The second-order valence-electron chi connectivity index (χ2n) is 6.15. The number of hydrogen-bond donors (Lipinski definition) is 3. The topological polar surface area (TPSA) is 113 Å². The standard InChI is InChI=1S/C19H17BrN4O4/c1-11-8-12(20)6-7-14(11)22-16(25)9-21-17(26)10-24-18(27)13-4-2-3-5-15(13)23-19(24)28/h2-8H,9-10H2,1H3,(H,21,26)(H,22,25)(H,23,28). The number of aromatic amines is 1. The van der Waals surface area contributed by atoms with Crippen LogP contribution in [-0.4, -0.2) is 27.9 Å². The number of aryl methyl sites for hydroxylation is 1. The zero-order valence-corrected chi connectivity index (χ0v) is 16.5. The van der Waals surface area contributed by atoms with Gasteiger partial charge in [-0.05, 0) is 42.8 Å². The Morgan fingerprint density at radius 2 is 1.86 bits per heavy atom. The number of anilines is 1. The summed E-state index contributed by atoms with van der Waals surface area (Å²) in [6, 6.07) is 11.9. The maximum atomic E-state index is 12.4. The van der Waals surface area contributed by atoms with Crippen LogP contribution < -0.4 is 21.9 Å². The van der Waals surface area contributed by atoms with Crippen molar-refractivity contribution in [3.05, 3.63) is 73.3 Å². The summed E-state index contributed by atoms with van der Waals surface area (Å²) >= 11 is 3.34. The van der Waals surface area contributed by atoms with Gasteiger partial charge >= 0.3 is 5.69 Å². The number of amides is 2. The summed E-state index contributed by atoms with van der Waals surface area (Å²) < 4.78 is 1.69. The Labute approximate surface area is 167 Å². The SMILES string of the molecule is Cc1cc(Br)ccc1NC(=O)CNC(=O)Cn1c(=O)[nH]c2ccccc2c1=O. The fraction of sp³-hybridized carbons (Fsp3) is 0.158. The van der Waals surface area contributed by atoms with E-state index in [2.05, 4.69) is 31.5 Å². The molecule has 3 rings (SSSR count). The van der Waals surface area contributed by atoms with Gasteiger partial charge in [-0.3, -0.25) is 19.0 Å². The third-order valence-electron chi connectivity index (χ3n) is 4.10. The molecule has 1 aromatic heterocycles. The van der Waals surface area contributed by atoms with Gasteiger partial charge in [0.2, 0.25) is 11.8 Å². The van der Waals surface area contributed by atoms with Gasteiger partial charge in [0.05, 0.1) is 17.4 Å². The van der Waals surface area contributed by atoms with E-state index in [0.717, 1.165) is 14.6 Å². The average molecular weight is 445 g/mol. The molecule has 0 unspecified atom stereocenters. The van der Waals surface area contributed by atoms with Gasteiger partial charge in [0.1, 0.15) is 6.54 Å². The van der Waals surface area contributed by atoms with Crippen molar-refractivity contribution in [3.63, 3.8) is 0 Å². The van der Waals surface area contributed by atoms with Crippen molar-refractivity contribution < 1.29 is 9.59 Å². The Hall–Kier alpha value is -3.20. The molecule has 3 aromatic rings. The molecule has 28 heavy (non-hydrogen) atoms. The molecule has 1 heterocycles. The van der Waals surface area contributed by atoms with Gasteiger partial charge in [-0.15, -0.1) is 0 Å². The van der Waals surface area contributed by atoms with Crippen LogP contribution in [0.25, 0.3) is 10.9 Å². The Morgan fingerprint density at radius 1 is 1.11 bits per heavy atom. The van der Waals surface area contributed by atoms with Crippen LogP contribution in [0.4, 0.5) is 5.69 Å². The fourth-order valence-electron chi connectivity index (χ4n) is 2.68. The predicted molar refractivity (Wildman–Crippen MR) is 109 cm³/mol. The van der Waals surface area contributed by atoms with Gasteiger partial charge < -0.3 is 15.6 Å². The van der Waals surface area contributed by atoms with E-state index in [1.165, 1.54) is 0 Å². The molecule has 2 amide bonds. The van der Waals surface area contributed by atoms with Crippen molar-refractivity contribution in [2.24, 2.45) is 0 Å². The molecule has 9 heteroatoms. The number of carbonyl (C=O) groups is 2.